The van der Waals surface area contributed by atoms with Gasteiger partial charge in [-0.2, -0.15) is 5.26 Å². The van der Waals surface area contributed by atoms with E-state index < -0.39 is 5.91 Å². The van der Waals surface area contributed by atoms with Crippen molar-refractivity contribution in [1.29, 1.82) is 5.26 Å². The lowest BCUT2D eigenvalue weighted by Crippen LogP contribution is -2.13. The van der Waals surface area contributed by atoms with Crippen LogP contribution in [0.1, 0.15) is 12.7 Å². The predicted octanol–water partition coefficient (Wildman–Crippen LogP) is 6.20. The summed E-state index contributed by atoms with van der Waals surface area (Å²) >= 11 is 12.2. The lowest BCUT2D eigenvalue weighted by molar-refractivity contribution is -0.112. The van der Waals surface area contributed by atoms with Crippen LogP contribution >= 0.6 is 23.2 Å². The van der Waals surface area contributed by atoms with Crippen molar-refractivity contribution < 1.29 is 13.9 Å². The summed E-state index contributed by atoms with van der Waals surface area (Å²) in [4.78, 5) is 12.5. The molecular weight excluding hydrogens is 411 g/mol. The molecule has 0 saturated carbocycles. The molecule has 0 bridgehead atoms. The van der Waals surface area contributed by atoms with Gasteiger partial charge in [-0.25, -0.2) is 0 Å². The summed E-state index contributed by atoms with van der Waals surface area (Å²) in [7, 11) is 0. The number of anilines is 1. The molecule has 0 atom stereocenters. The van der Waals surface area contributed by atoms with Gasteiger partial charge in [0, 0.05) is 28.4 Å². The molecule has 0 aliphatic heterocycles. The number of furan rings is 1. The third kappa shape index (κ3) is 5.20. The first-order chi connectivity index (χ1) is 14.0. The summed E-state index contributed by atoms with van der Waals surface area (Å²) in [5, 5.41) is 13.1. The van der Waals surface area contributed by atoms with Gasteiger partial charge in [0.15, 0.2) is 0 Å². The monoisotopic (exact) mass is 426 g/mol. The topological polar surface area (TPSA) is 75.3 Å². The highest BCUT2D eigenvalue weighted by Gasteiger charge is 2.13. The second kappa shape index (κ2) is 9.33. The summed E-state index contributed by atoms with van der Waals surface area (Å²) in [5.74, 6) is 0.887. The van der Waals surface area contributed by atoms with Gasteiger partial charge in [0.25, 0.3) is 5.91 Å². The largest absolute Gasteiger partial charge is 0.494 e. The van der Waals surface area contributed by atoms with Gasteiger partial charge >= 0.3 is 0 Å². The van der Waals surface area contributed by atoms with Crippen LogP contribution < -0.4 is 10.1 Å². The average Bonchev–Trinajstić information content (AvgIpc) is 3.17. The summed E-state index contributed by atoms with van der Waals surface area (Å²) in [6.07, 6.45) is 1.36. The normalized spacial score (nSPS) is 11.0. The molecule has 1 aromatic heterocycles. The fraction of sp³-hybridized carbons (Fsp3) is 0.0909. The molecule has 0 aliphatic carbocycles. The van der Waals surface area contributed by atoms with Crippen molar-refractivity contribution in [1.82, 2.24) is 0 Å². The predicted molar refractivity (Wildman–Crippen MR) is 114 cm³/mol. The van der Waals surface area contributed by atoms with E-state index in [1.165, 1.54) is 6.08 Å². The second-order valence-electron chi connectivity index (χ2n) is 5.91. The molecule has 3 aromatic rings. The number of hydrogen-bond acceptors (Lipinski definition) is 4. The van der Waals surface area contributed by atoms with Crippen molar-refractivity contribution in [2.75, 3.05) is 11.9 Å². The van der Waals surface area contributed by atoms with E-state index in [1.54, 1.807) is 54.6 Å². The highest BCUT2D eigenvalue weighted by atomic mass is 35.5. The SMILES string of the molecule is CCOc1cccc(NC(=O)/C(C#N)=C\c2ccc(-c3cc(Cl)ccc3Cl)o2)c1. The van der Waals surface area contributed by atoms with Gasteiger partial charge in [0.05, 0.1) is 11.6 Å². The number of ether oxygens (including phenoxy) is 1. The number of nitrogens with zero attached hydrogens (tertiary/aromatic N) is 1. The first-order valence-electron chi connectivity index (χ1n) is 8.71. The van der Waals surface area contributed by atoms with Crippen molar-refractivity contribution in [3.8, 4) is 23.1 Å². The van der Waals surface area contributed by atoms with Crippen molar-refractivity contribution in [2.45, 2.75) is 6.92 Å². The number of rotatable bonds is 6. The molecule has 0 aliphatic rings. The average molecular weight is 427 g/mol. The maximum Gasteiger partial charge on any atom is 0.266 e. The lowest BCUT2D eigenvalue weighted by Gasteiger charge is -2.07. The highest BCUT2D eigenvalue weighted by molar-refractivity contribution is 6.35. The van der Waals surface area contributed by atoms with Crippen LogP contribution in [-0.2, 0) is 4.79 Å². The molecular formula is C22H16Cl2N2O3. The zero-order valence-corrected chi connectivity index (χ0v) is 16.9. The van der Waals surface area contributed by atoms with E-state index in [0.29, 0.717) is 45.2 Å². The van der Waals surface area contributed by atoms with Crippen LogP contribution in [0, 0.1) is 11.3 Å². The van der Waals surface area contributed by atoms with E-state index in [-0.39, 0.29) is 5.57 Å². The lowest BCUT2D eigenvalue weighted by atomic mass is 10.2. The van der Waals surface area contributed by atoms with E-state index >= 15 is 0 Å². The number of carbonyl (C=O) groups excluding carboxylic acids is 1. The Labute approximate surface area is 178 Å². The first kappa shape index (κ1) is 20.5. The van der Waals surface area contributed by atoms with Crippen LogP contribution in [-0.4, -0.2) is 12.5 Å². The molecule has 1 N–H and O–H groups in total. The van der Waals surface area contributed by atoms with Crippen molar-refractivity contribution in [2.24, 2.45) is 0 Å². The molecule has 146 valence electrons. The fourth-order valence-electron chi connectivity index (χ4n) is 2.58. The minimum Gasteiger partial charge on any atom is -0.494 e. The standard InChI is InChI=1S/C22H16Cl2N2O3/c1-2-28-17-5-3-4-16(12-17)26-22(27)14(13-25)10-18-7-9-21(29-18)19-11-15(23)6-8-20(19)24/h3-12H,2H2,1H3,(H,26,27)/b14-10-. The number of halogens is 2. The van der Waals surface area contributed by atoms with Crippen LogP contribution in [0.25, 0.3) is 17.4 Å². The first-order valence-corrected chi connectivity index (χ1v) is 9.47. The summed E-state index contributed by atoms with van der Waals surface area (Å²) in [5.41, 5.74) is 1.03. The van der Waals surface area contributed by atoms with Crippen LogP contribution in [0.15, 0.2) is 64.6 Å². The van der Waals surface area contributed by atoms with Crippen LogP contribution in [0.3, 0.4) is 0 Å². The number of hydrogen-bond donors (Lipinski definition) is 1. The van der Waals surface area contributed by atoms with E-state index in [1.807, 2.05) is 13.0 Å². The molecule has 2 aromatic carbocycles. The van der Waals surface area contributed by atoms with E-state index in [9.17, 15) is 10.1 Å². The molecule has 7 heteroatoms. The van der Waals surface area contributed by atoms with Gasteiger partial charge in [-0.15, -0.1) is 0 Å². The van der Waals surface area contributed by atoms with Crippen molar-refractivity contribution in [3.63, 3.8) is 0 Å². The van der Waals surface area contributed by atoms with Crippen LogP contribution in [0.2, 0.25) is 10.0 Å². The van der Waals surface area contributed by atoms with Crippen LogP contribution in [0.5, 0.6) is 5.75 Å². The quantitative estimate of drug-likeness (QED) is 0.376. The summed E-state index contributed by atoms with van der Waals surface area (Å²) in [6.45, 7) is 2.38. The van der Waals surface area contributed by atoms with Crippen molar-refractivity contribution >= 4 is 40.9 Å². The molecule has 3 rings (SSSR count). The molecule has 5 nitrogen and oxygen atoms in total. The van der Waals surface area contributed by atoms with E-state index in [0.717, 1.165) is 0 Å². The molecule has 0 saturated heterocycles. The van der Waals surface area contributed by atoms with Gasteiger partial charge in [-0.3, -0.25) is 4.79 Å². The minimum atomic E-state index is -0.556. The van der Waals surface area contributed by atoms with E-state index in [4.69, 9.17) is 32.4 Å². The summed E-state index contributed by atoms with van der Waals surface area (Å²) in [6, 6.07) is 17.2. The smallest absolute Gasteiger partial charge is 0.266 e. The maximum absolute atomic E-state index is 12.5. The number of carbonyl (C=O) groups is 1. The Balaban J connectivity index is 1.80. The minimum absolute atomic E-state index is 0.107. The molecule has 0 spiro atoms. The number of amides is 1. The zero-order valence-electron chi connectivity index (χ0n) is 15.4. The molecule has 1 heterocycles. The van der Waals surface area contributed by atoms with Gasteiger partial charge in [-0.1, -0.05) is 29.3 Å². The summed E-state index contributed by atoms with van der Waals surface area (Å²) < 4.78 is 11.1. The van der Waals surface area contributed by atoms with Gasteiger partial charge in [-0.05, 0) is 49.4 Å². The maximum atomic E-state index is 12.5. The molecule has 1 amide bonds. The fourth-order valence-corrected chi connectivity index (χ4v) is 2.96. The third-order valence-corrected chi connectivity index (χ3v) is 4.44. The Morgan fingerprint density at radius 3 is 2.79 bits per heavy atom. The number of nitriles is 1. The Kier molecular flexibility index (Phi) is 6.61. The van der Waals surface area contributed by atoms with Gasteiger partial charge in [0.1, 0.15) is 28.9 Å². The zero-order chi connectivity index (χ0) is 20.8. The van der Waals surface area contributed by atoms with E-state index in [2.05, 4.69) is 5.32 Å². The molecule has 29 heavy (non-hydrogen) atoms. The Morgan fingerprint density at radius 2 is 2.03 bits per heavy atom. The third-order valence-electron chi connectivity index (χ3n) is 3.88. The molecule has 0 unspecified atom stereocenters. The van der Waals surface area contributed by atoms with Crippen LogP contribution in [0.4, 0.5) is 5.69 Å². The van der Waals surface area contributed by atoms with Gasteiger partial charge < -0.3 is 14.5 Å². The second-order valence-corrected chi connectivity index (χ2v) is 6.75. The Hall–Kier alpha value is -3.20. The van der Waals surface area contributed by atoms with Crippen molar-refractivity contribution in [3.05, 3.63) is 76.0 Å². The Morgan fingerprint density at radius 1 is 1.21 bits per heavy atom. The van der Waals surface area contributed by atoms with Gasteiger partial charge in [0.2, 0.25) is 0 Å². The Bertz CT molecular complexity index is 1110. The molecule has 0 fully saturated rings. The molecule has 0 radical (unpaired) electrons. The number of benzene rings is 2. The highest BCUT2D eigenvalue weighted by Crippen LogP contribution is 2.32. The number of nitrogens with one attached hydrogen (secondary N) is 1.